The molecule has 1 aliphatic rings. The molecule has 4 aromatic rings. The van der Waals surface area contributed by atoms with Crippen molar-refractivity contribution in [3.63, 3.8) is 0 Å². The van der Waals surface area contributed by atoms with E-state index < -0.39 is 5.91 Å². The van der Waals surface area contributed by atoms with E-state index in [-0.39, 0.29) is 23.0 Å². The fourth-order valence-electron chi connectivity index (χ4n) is 3.81. The molecule has 4 N–H and O–H groups in total. The van der Waals surface area contributed by atoms with Crippen molar-refractivity contribution in [2.75, 3.05) is 16.0 Å². The zero-order valence-corrected chi connectivity index (χ0v) is 18.2. The van der Waals surface area contributed by atoms with Crippen LogP contribution in [-0.4, -0.2) is 47.9 Å². The molecule has 0 radical (unpaired) electrons. The predicted molar refractivity (Wildman–Crippen MR) is 122 cm³/mol. The third kappa shape index (κ3) is 4.73. The summed E-state index contributed by atoms with van der Waals surface area (Å²) >= 11 is 5.92. The molecule has 1 saturated carbocycles. The summed E-state index contributed by atoms with van der Waals surface area (Å²) in [6.07, 6.45) is 7.28. The maximum Gasteiger partial charge on any atom is 0.276 e. The summed E-state index contributed by atoms with van der Waals surface area (Å²) in [5, 5.41) is 27.9. The van der Waals surface area contributed by atoms with Crippen molar-refractivity contribution >= 4 is 46.2 Å². The minimum atomic E-state index is -0.400. The number of aliphatic hydroxyl groups is 1. The van der Waals surface area contributed by atoms with Crippen molar-refractivity contribution in [1.82, 2.24) is 24.7 Å². The van der Waals surface area contributed by atoms with E-state index in [4.69, 9.17) is 16.1 Å². The first-order chi connectivity index (χ1) is 16.0. The van der Waals surface area contributed by atoms with Gasteiger partial charge in [-0.15, -0.1) is 5.10 Å². The monoisotopic (exact) mass is 468 g/mol. The number of hydrogen-bond acceptors (Lipinski definition) is 9. The molecule has 12 heteroatoms. The minimum absolute atomic E-state index is 0.165. The van der Waals surface area contributed by atoms with E-state index in [1.54, 1.807) is 18.2 Å². The molecule has 1 fully saturated rings. The number of amides is 1. The smallest absolute Gasteiger partial charge is 0.276 e. The van der Waals surface area contributed by atoms with Crippen LogP contribution in [0.5, 0.6) is 0 Å². The van der Waals surface area contributed by atoms with Crippen molar-refractivity contribution in [2.45, 2.75) is 37.8 Å². The van der Waals surface area contributed by atoms with E-state index in [1.807, 2.05) is 6.07 Å². The number of carbonyl (C=O) groups is 1. The Morgan fingerprint density at radius 3 is 2.76 bits per heavy atom. The van der Waals surface area contributed by atoms with Gasteiger partial charge in [0.25, 0.3) is 5.91 Å². The van der Waals surface area contributed by atoms with Gasteiger partial charge in [0.05, 0.1) is 18.0 Å². The van der Waals surface area contributed by atoms with Gasteiger partial charge in [0.1, 0.15) is 17.2 Å². The van der Waals surface area contributed by atoms with Gasteiger partial charge in [-0.25, -0.2) is 14.5 Å². The number of rotatable bonds is 6. The Morgan fingerprint density at radius 2 is 2.00 bits per heavy atom. The molecule has 0 spiro atoms. The summed E-state index contributed by atoms with van der Waals surface area (Å²) in [5.41, 5.74) is 1.79. The summed E-state index contributed by atoms with van der Waals surface area (Å²) < 4.78 is 6.38. The average molecular weight is 469 g/mol. The standard InChI is InChI=1S/C21H21ClN8O3/c22-17-9-13(5-7-23-17)26-21(32)16-11-24-20-15(27-18-6-8-33-29-18)10-19(28-30(16)20)25-12-1-3-14(31)4-2-12/h5-12,14,31H,1-4H2,(H,25,28)(H,27,29)(H,23,26,32)/t12-,14-. The number of halogens is 1. The third-order valence-corrected chi connectivity index (χ3v) is 5.64. The SMILES string of the molecule is O=C(Nc1ccnc(Cl)c1)c1cnc2c(Nc3ccon3)cc(N[C@H]3CC[C@H](O)CC3)nn12. The first-order valence-electron chi connectivity index (χ1n) is 10.5. The predicted octanol–water partition coefficient (Wildman–Crippen LogP) is 3.48. The summed E-state index contributed by atoms with van der Waals surface area (Å²) in [5.74, 6) is 0.659. The Labute approximate surface area is 193 Å². The minimum Gasteiger partial charge on any atom is -0.393 e. The molecular weight excluding hydrogens is 448 g/mol. The highest BCUT2D eigenvalue weighted by atomic mass is 35.5. The number of anilines is 4. The molecule has 170 valence electrons. The number of pyridine rings is 1. The third-order valence-electron chi connectivity index (χ3n) is 5.43. The van der Waals surface area contributed by atoms with Crippen LogP contribution in [0, 0.1) is 0 Å². The molecule has 4 aromatic heterocycles. The molecule has 5 rings (SSSR count). The molecule has 0 unspecified atom stereocenters. The van der Waals surface area contributed by atoms with Crippen molar-refractivity contribution in [2.24, 2.45) is 0 Å². The van der Waals surface area contributed by atoms with Gasteiger partial charge in [0, 0.05) is 30.1 Å². The van der Waals surface area contributed by atoms with E-state index in [0.29, 0.717) is 28.7 Å². The molecule has 11 nitrogen and oxygen atoms in total. The van der Waals surface area contributed by atoms with Gasteiger partial charge in [-0.3, -0.25) is 4.79 Å². The fraction of sp³-hybridized carbons (Fsp3) is 0.286. The quantitative estimate of drug-likeness (QED) is 0.313. The molecule has 0 bridgehead atoms. The second kappa shape index (κ2) is 9.04. The molecule has 0 aromatic carbocycles. The molecule has 0 atom stereocenters. The van der Waals surface area contributed by atoms with Crippen molar-refractivity contribution in [1.29, 1.82) is 0 Å². The molecule has 4 heterocycles. The van der Waals surface area contributed by atoms with Crippen LogP contribution in [0.3, 0.4) is 0 Å². The number of nitrogens with zero attached hydrogens (tertiary/aromatic N) is 5. The zero-order valence-electron chi connectivity index (χ0n) is 17.4. The lowest BCUT2D eigenvalue weighted by Crippen LogP contribution is -2.29. The normalized spacial score (nSPS) is 18.2. The number of hydrogen-bond donors (Lipinski definition) is 4. The Bertz CT molecular complexity index is 1270. The van der Waals surface area contributed by atoms with Crippen molar-refractivity contribution < 1.29 is 14.4 Å². The second-order valence-electron chi connectivity index (χ2n) is 7.80. The van der Waals surface area contributed by atoms with Crippen LogP contribution in [0.15, 0.2) is 47.4 Å². The van der Waals surface area contributed by atoms with E-state index in [1.165, 1.54) is 23.2 Å². The molecule has 1 amide bonds. The zero-order chi connectivity index (χ0) is 22.8. The van der Waals surface area contributed by atoms with Crippen LogP contribution in [0.4, 0.5) is 23.0 Å². The Kier molecular flexibility index (Phi) is 5.80. The second-order valence-corrected chi connectivity index (χ2v) is 8.19. The van der Waals surface area contributed by atoms with Crippen LogP contribution >= 0.6 is 11.6 Å². The topological polar surface area (TPSA) is 142 Å². The summed E-state index contributed by atoms with van der Waals surface area (Å²) in [7, 11) is 0. The van der Waals surface area contributed by atoms with Crippen LogP contribution in [0.1, 0.15) is 36.2 Å². The maximum atomic E-state index is 13.0. The van der Waals surface area contributed by atoms with Gasteiger partial charge in [-0.1, -0.05) is 16.8 Å². The average Bonchev–Trinajstić information content (AvgIpc) is 3.45. The van der Waals surface area contributed by atoms with Gasteiger partial charge in [-0.2, -0.15) is 0 Å². The summed E-state index contributed by atoms with van der Waals surface area (Å²) in [6, 6.07) is 6.85. The van der Waals surface area contributed by atoms with Crippen LogP contribution in [-0.2, 0) is 0 Å². The molecule has 0 saturated heterocycles. The molecule has 0 aliphatic heterocycles. The number of nitrogens with one attached hydrogen (secondary N) is 3. The van der Waals surface area contributed by atoms with Gasteiger partial charge < -0.3 is 25.6 Å². The van der Waals surface area contributed by atoms with Crippen molar-refractivity contribution in [3.05, 3.63) is 53.8 Å². The van der Waals surface area contributed by atoms with E-state index in [2.05, 4.69) is 36.2 Å². The number of aromatic nitrogens is 5. The summed E-state index contributed by atoms with van der Waals surface area (Å²) in [6.45, 7) is 0. The van der Waals surface area contributed by atoms with E-state index in [9.17, 15) is 9.90 Å². The van der Waals surface area contributed by atoms with Crippen LogP contribution < -0.4 is 16.0 Å². The Morgan fingerprint density at radius 1 is 1.15 bits per heavy atom. The van der Waals surface area contributed by atoms with Gasteiger partial charge >= 0.3 is 0 Å². The maximum absolute atomic E-state index is 13.0. The lowest BCUT2D eigenvalue weighted by molar-refractivity contribution is 0.102. The number of imidazole rings is 1. The first kappa shape index (κ1) is 21.2. The Balaban J connectivity index is 1.48. The first-order valence-corrected chi connectivity index (χ1v) is 10.9. The fourth-order valence-corrected chi connectivity index (χ4v) is 3.98. The molecule has 1 aliphatic carbocycles. The number of carbonyl (C=O) groups excluding carboxylic acids is 1. The lowest BCUT2D eigenvalue weighted by atomic mass is 9.93. The lowest BCUT2D eigenvalue weighted by Gasteiger charge is -2.26. The number of fused-ring (bicyclic) bond motifs is 1. The summed E-state index contributed by atoms with van der Waals surface area (Å²) in [4.78, 5) is 21.3. The highest BCUT2D eigenvalue weighted by molar-refractivity contribution is 6.29. The van der Waals surface area contributed by atoms with E-state index >= 15 is 0 Å². The highest BCUT2D eigenvalue weighted by Crippen LogP contribution is 2.27. The Hall–Kier alpha value is -3.70. The van der Waals surface area contributed by atoms with Gasteiger partial charge in [0.15, 0.2) is 17.2 Å². The number of aliphatic hydroxyl groups excluding tert-OH is 1. The molecular formula is C21H21ClN8O3. The van der Waals surface area contributed by atoms with E-state index in [0.717, 1.165) is 25.7 Å². The van der Waals surface area contributed by atoms with Crippen LogP contribution in [0.2, 0.25) is 5.15 Å². The van der Waals surface area contributed by atoms with Crippen molar-refractivity contribution in [3.8, 4) is 0 Å². The largest absolute Gasteiger partial charge is 0.393 e. The van der Waals surface area contributed by atoms with Crippen LogP contribution in [0.25, 0.3) is 5.65 Å². The van der Waals surface area contributed by atoms with Gasteiger partial charge in [-0.05, 0) is 37.8 Å². The highest BCUT2D eigenvalue weighted by Gasteiger charge is 2.22. The molecule has 33 heavy (non-hydrogen) atoms. The van der Waals surface area contributed by atoms with Gasteiger partial charge in [0.2, 0.25) is 0 Å².